The number of carbonyl (C=O) groups excluding carboxylic acids is 1. The second-order valence-electron chi connectivity index (χ2n) is 5.02. The summed E-state index contributed by atoms with van der Waals surface area (Å²) < 4.78 is 10.9. The van der Waals surface area contributed by atoms with E-state index in [0.717, 1.165) is 11.4 Å². The first kappa shape index (κ1) is 16.7. The Morgan fingerprint density at radius 2 is 1.96 bits per heavy atom. The van der Waals surface area contributed by atoms with E-state index in [2.05, 4.69) is 10.3 Å². The van der Waals surface area contributed by atoms with Crippen LogP contribution in [0.25, 0.3) is 0 Å². The molecule has 0 atom stereocenters. The van der Waals surface area contributed by atoms with Crippen molar-refractivity contribution < 1.29 is 19.0 Å². The number of benzene rings is 1. The molecule has 0 aliphatic rings. The van der Waals surface area contributed by atoms with Crippen LogP contribution < -0.4 is 14.8 Å². The molecule has 3 aromatic rings. The molecule has 7 nitrogen and oxygen atoms in total. The van der Waals surface area contributed by atoms with Crippen molar-refractivity contribution in [1.29, 1.82) is 0 Å². The lowest BCUT2D eigenvalue weighted by atomic mass is 10.3. The first-order chi connectivity index (χ1) is 12.1. The lowest BCUT2D eigenvalue weighted by molar-refractivity contribution is -0.605. The number of anilines is 2. The molecule has 2 heterocycles. The van der Waals surface area contributed by atoms with Crippen molar-refractivity contribution in [1.82, 2.24) is 4.98 Å². The second-order valence-corrected chi connectivity index (χ2v) is 5.88. The number of thiazole rings is 1. The summed E-state index contributed by atoms with van der Waals surface area (Å²) in [4.78, 5) is 16.3. The maximum absolute atomic E-state index is 11.9. The molecule has 0 saturated heterocycles. The highest BCUT2D eigenvalue weighted by atomic mass is 32.1. The van der Waals surface area contributed by atoms with Crippen LogP contribution in [0, 0.1) is 5.21 Å². The summed E-state index contributed by atoms with van der Waals surface area (Å²) in [6, 6.07) is 10.3. The summed E-state index contributed by atoms with van der Waals surface area (Å²) >= 11 is 1.41. The van der Waals surface area contributed by atoms with Gasteiger partial charge in [-0.25, -0.2) is 9.78 Å². The summed E-state index contributed by atoms with van der Waals surface area (Å²) in [5.74, 6) is 0.277. The average molecular weight is 357 g/mol. The summed E-state index contributed by atoms with van der Waals surface area (Å²) in [6.45, 7) is 0.0614. The number of esters is 1. The Balaban J connectivity index is 1.56. The number of hydrogen-bond donors (Lipinski definition) is 1. The van der Waals surface area contributed by atoms with Gasteiger partial charge in [-0.05, 0) is 24.3 Å². The minimum absolute atomic E-state index is 0.0614. The van der Waals surface area contributed by atoms with Gasteiger partial charge >= 0.3 is 5.97 Å². The Kier molecular flexibility index (Phi) is 5.10. The molecule has 0 fully saturated rings. The molecule has 2 aromatic heterocycles. The molecule has 1 aromatic carbocycles. The molecular weight excluding hydrogens is 342 g/mol. The number of aromatic nitrogens is 2. The fraction of sp³-hybridized carbons (Fsp3) is 0.118. The SMILES string of the molecule is COc1ccc(Nc2nc(COC(=O)c3cc[n+]([O-])cc3)cs2)cc1. The zero-order valence-electron chi connectivity index (χ0n) is 13.3. The van der Waals surface area contributed by atoms with Gasteiger partial charge in [0.2, 0.25) is 0 Å². The Morgan fingerprint density at radius 3 is 2.64 bits per heavy atom. The van der Waals surface area contributed by atoms with E-state index in [1.807, 2.05) is 29.6 Å². The van der Waals surface area contributed by atoms with E-state index >= 15 is 0 Å². The fourth-order valence-corrected chi connectivity index (χ4v) is 2.72. The van der Waals surface area contributed by atoms with Crippen molar-refractivity contribution in [3.05, 3.63) is 70.6 Å². The molecule has 0 bridgehead atoms. The van der Waals surface area contributed by atoms with Crippen LogP contribution in [-0.2, 0) is 11.3 Å². The minimum Gasteiger partial charge on any atom is -0.619 e. The number of nitrogens with one attached hydrogen (secondary N) is 1. The second kappa shape index (κ2) is 7.63. The molecule has 0 unspecified atom stereocenters. The monoisotopic (exact) mass is 357 g/mol. The molecule has 8 heteroatoms. The van der Waals surface area contributed by atoms with Gasteiger partial charge in [-0.2, -0.15) is 4.73 Å². The number of methoxy groups -OCH3 is 1. The number of carbonyl (C=O) groups is 1. The van der Waals surface area contributed by atoms with Crippen molar-refractivity contribution in [3.8, 4) is 5.75 Å². The van der Waals surface area contributed by atoms with Crippen LogP contribution in [-0.4, -0.2) is 18.1 Å². The van der Waals surface area contributed by atoms with Gasteiger partial charge in [0.1, 0.15) is 12.4 Å². The van der Waals surface area contributed by atoms with Crippen LogP contribution in [0.4, 0.5) is 10.8 Å². The standard InChI is InChI=1S/C17H15N3O4S/c1-23-15-4-2-13(3-5-15)18-17-19-14(11-25-17)10-24-16(21)12-6-8-20(22)9-7-12/h2-9,11H,10H2,1H3,(H,18,19). The first-order valence-electron chi connectivity index (χ1n) is 7.35. The lowest BCUT2D eigenvalue weighted by Gasteiger charge is -2.04. The van der Waals surface area contributed by atoms with Gasteiger partial charge in [0, 0.05) is 23.2 Å². The smallest absolute Gasteiger partial charge is 0.338 e. The van der Waals surface area contributed by atoms with E-state index in [-0.39, 0.29) is 6.61 Å². The molecule has 0 radical (unpaired) electrons. The maximum Gasteiger partial charge on any atom is 0.338 e. The van der Waals surface area contributed by atoms with E-state index in [1.165, 1.54) is 35.9 Å². The minimum atomic E-state index is -0.502. The van der Waals surface area contributed by atoms with Gasteiger partial charge in [0.15, 0.2) is 17.5 Å². The van der Waals surface area contributed by atoms with Gasteiger partial charge in [0.25, 0.3) is 0 Å². The van der Waals surface area contributed by atoms with E-state index in [9.17, 15) is 10.0 Å². The summed E-state index contributed by atoms with van der Waals surface area (Å²) in [7, 11) is 1.62. The quantitative estimate of drug-likeness (QED) is 0.415. The van der Waals surface area contributed by atoms with Crippen LogP contribution >= 0.6 is 11.3 Å². The molecule has 0 aliphatic heterocycles. The molecule has 0 spiro atoms. The largest absolute Gasteiger partial charge is 0.619 e. The Morgan fingerprint density at radius 1 is 1.24 bits per heavy atom. The summed E-state index contributed by atoms with van der Waals surface area (Å²) in [5, 5.41) is 16.6. The van der Waals surface area contributed by atoms with Gasteiger partial charge in [-0.1, -0.05) is 0 Å². The van der Waals surface area contributed by atoms with E-state index in [0.29, 0.717) is 21.1 Å². The van der Waals surface area contributed by atoms with Crippen molar-refractivity contribution in [3.63, 3.8) is 0 Å². The zero-order valence-corrected chi connectivity index (χ0v) is 14.2. The Hall–Kier alpha value is -3.13. The fourth-order valence-electron chi connectivity index (χ4n) is 2.00. The zero-order chi connectivity index (χ0) is 17.6. The Bertz CT molecular complexity index is 847. The van der Waals surface area contributed by atoms with Gasteiger partial charge in [-0.3, -0.25) is 0 Å². The third-order valence-electron chi connectivity index (χ3n) is 3.28. The molecule has 128 valence electrons. The van der Waals surface area contributed by atoms with Crippen LogP contribution in [0.1, 0.15) is 16.1 Å². The molecule has 3 rings (SSSR count). The third kappa shape index (κ3) is 4.45. The maximum atomic E-state index is 11.9. The van der Waals surface area contributed by atoms with Gasteiger partial charge in [0.05, 0.1) is 18.4 Å². The highest BCUT2D eigenvalue weighted by Crippen LogP contribution is 2.23. The van der Waals surface area contributed by atoms with Crippen molar-refractivity contribution in [2.24, 2.45) is 0 Å². The summed E-state index contributed by atoms with van der Waals surface area (Å²) in [5.41, 5.74) is 1.84. The normalized spacial score (nSPS) is 10.3. The van der Waals surface area contributed by atoms with Crippen molar-refractivity contribution in [2.45, 2.75) is 6.61 Å². The van der Waals surface area contributed by atoms with Crippen molar-refractivity contribution in [2.75, 3.05) is 12.4 Å². The summed E-state index contributed by atoms with van der Waals surface area (Å²) in [6.07, 6.45) is 2.49. The highest BCUT2D eigenvalue weighted by Gasteiger charge is 2.10. The predicted octanol–water partition coefficient (Wildman–Crippen LogP) is 2.89. The number of ether oxygens (including phenoxy) is 2. The van der Waals surface area contributed by atoms with Crippen LogP contribution in [0.2, 0.25) is 0 Å². The van der Waals surface area contributed by atoms with Gasteiger partial charge in [-0.15, -0.1) is 11.3 Å². The third-order valence-corrected chi connectivity index (χ3v) is 4.09. The molecular formula is C17H15N3O4S. The number of hydrogen-bond acceptors (Lipinski definition) is 7. The molecule has 0 saturated carbocycles. The topological polar surface area (TPSA) is 87.4 Å². The van der Waals surface area contributed by atoms with Crippen LogP contribution in [0.3, 0.4) is 0 Å². The molecule has 0 aliphatic carbocycles. The molecule has 25 heavy (non-hydrogen) atoms. The van der Waals surface area contributed by atoms with Crippen LogP contribution in [0.15, 0.2) is 54.2 Å². The number of rotatable bonds is 6. The predicted molar refractivity (Wildman–Crippen MR) is 92.9 cm³/mol. The average Bonchev–Trinajstić information content (AvgIpc) is 3.08. The lowest BCUT2D eigenvalue weighted by Crippen LogP contribution is -2.24. The Labute approximate surface area is 148 Å². The van der Waals surface area contributed by atoms with Gasteiger partial charge < -0.3 is 20.0 Å². The molecule has 0 amide bonds. The molecule has 1 N–H and O–H groups in total. The number of nitrogens with zero attached hydrogens (tertiary/aromatic N) is 2. The highest BCUT2D eigenvalue weighted by molar-refractivity contribution is 7.13. The van der Waals surface area contributed by atoms with E-state index < -0.39 is 5.97 Å². The van der Waals surface area contributed by atoms with E-state index in [1.54, 1.807) is 7.11 Å². The van der Waals surface area contributed by atoms with Crippen LogP contribution in [0.5, 0.6) is 5.75 Å². The number of pyridine rings is 1. The van der Waals surface area contributed by atoms with Crippen molar-refractivity contribution >= 4 is 28.1 Å². The van der Waals surface area contributed by atoms with E-state index in [4.69, 9.17) is 9.47 Å². The first-order valence-corrected chi connectivity index (χ1v) is 8.23.